The van der Waals surface area contributed by atoms with E-state index >= 15 is 0 Å². The van der Waals surface area contributed by atoms with Gasteiger partial charge in [0.05, 0.1) is 17.1 Å². The molecule has 0 saturated heterocycles. The molecule has 0 heterocycles. The summed E-state index contributed by atoms with van der Waals surface area (Å²) in [4.78, 5) is 11.6. The van der Waals surface area contributed by atoms with Crippen LogP contribution in [0.15, 0.2) is 45.8 Å². The molecule has 2 aromatic rings. The summed E-state index contributed by atoms with van der Waals surface area (Å²) in [6.45, 7) is 3.17. The number of ketones is 1. The molecule has 2 rings (SSSR count). The van der Waals surface area contributed by atoms with Crippen LogP contribution >= 0.6 is 15.9 Å². The minimum atomic E-state index is -4.07. The standard InChI is InChI=1S/C16H15BrO5S/c1-10-4-6-15(13(8-10)11(2)18)22-23(19,20)12-5-7-16(21-3)14(17)9-12/h4-9H,1-3H3. The Balaban J connectivity index is 2.43. The van der Waals surface area contributed by atoms with Crippen LogP contribution in [0.4, 0.5) is 0 Å². The Hall–Kier alpha value is -1.86. The van der Waals surface area contributed by atoms with Gasteiger partial charge in [0.1, 0.15) is 10.6 Å². The summed E-state index contributed by atoms with van der Waals surface area (Å²) in [6.07, 6.45) is 0. The highest BCUT2D eigenvalue weighted by atomic mass is 79.9. The monoisotopic (exact) mass is 398 g/mol. The van der Waals surface area contributed by atoms with Crippen molar-refractivity contribution in [3.8, 4) is 11.5 Å². The summed E-state index contributed by atoms with van der Waals surface area (Å²) < 4.78 is 35.5. The van der Waals surface area contributed by atoms with Crippen molar-refractivity contribution in [1.29, 1.82) is 0 Å². The SMILES string of the molecule is COc1ccc(S(=O)(=O)Oc2ccc(C)cc2C(C)=O)cc1Br. The van der Waals surface area contributed by atoms with Crippen molar-refractivity contribution >= 4 is 31.8 Å². The first-order valence-corrected chi connectivity index (χ1v) is 8.84. The average Bonchev–Trinajstić information content (AvgIpc) is 2.48. The second kappa shape index (κ2) is 6.72. The third-order valence-corrected chi connectivity index (χ3v) is 4.98. The lowest BCUT2D eigenvalue weighted by Crippen LogP contribution is -2.12. The molecule has 0 fully saturated rings. The zero-order valence-electron chi connectivity index (χ0n) is 12.8. The third kappa shape index (κ3) is 3.92. The van der Waals surface area contributed by atoms with Gasteiger partial charge in [0, 0.05) is 0 Å². The zero-order chi connectivity index (χ0) is 17.2. The van der Waals surface area contributed by atoms with Gasteiger partial charge in [0.25, 0.3) is 0 Å². The van der Waals surface area contributed by atoms with E-state index in [0.29, 0.717) is 10.2 Å². The third-order valence-electron chi connectivity index (χ3n) is 3.13. The summed E-state index contributed by atoms with van der Waals surface area (Å²) in [7, 11) is -2.59. The van der Waals surface area contributed by atoms with Gasteiger partial charge in [-0.1, -0.05) is 11.6 Å². The number of methoxy groups -OCH3 is 1. The van der Waals surface area contributed by atoms with Gasteiger partial charge in [-0.15, -0.1) is 0 Å². The first-order valence-electron chi connectivity index (χ1n) is 6.64. The minimum Gasteiger partial charge on any atom is -0.496 e. The van der Waals surface area contributed by atoms with Gasteiger partial charge < -0.3 is 8.92 Å². The summed E-state index contributed by atoms with van der Waals surface area (Å²) in [6, 6.07) is 9.03. The lowest BCUT2D eigenvalue weighted by Gasteiger charge is -2.11. The molecule has 0 aliphatic carbocycles. The molecule has 0 unspecified atom stereocenters. The fraction of sp³-hybridized carbons (Fsp3) is 0.188. The Morgan fingerprint density at radius 2 is 1.74 bits per heavy atom. The lowest BCUT2D eigenvalue weighted by molar-refractivity contribution is 0.101. The maximum atomic E-state index is 12.4. The number of carbonyl (C=O) groups excluding carboxylic acids is 1. The lowest BCUT2D eigenvalue weighted by atomic mass is 10.1. The highest BCUT2D eigenvalue weighted by Gasteiger charge is 2.21. The molecule has 0 aliphatic rings. The first-order chi connectivity index (χ1) is 10.7. The van der Waals surface area contributed by atoms with Crippen molar-refractivity contribution < 1.29 is 22.1 Å². The topological polar surface area (TPSA) is 69.7 Å². The van der Waals surface area contributed by atoms with Crippen LogP contribution in [0.25, 0.3) is 0 Å². The molecule has 0 atom stereocenters. The molecule has 2 aromatic carbocycles. The number of hydrogen-bond donors (Lipinski definition) is 0. The predicted molar refractivity (Wildman–Crippen MR) is 89.7 cm³/mol. The number of ether oxygens (including phenoxy) is 1. The highest BCUT2D eigenvalue weighted by Crippen LogP contribution is 2.30. The number of benzene rings is 2. The number of carbonyl (C=O) groups is 1. The quantitative estimate of drug-likeness (QED) is 0.566. The molecule has 5 nitrogen and oxygen atoms in total. The second-order valence-corrected chi connectivity index (χ2v) is 7.29. The average molecular weight is 399 g/mol. The predicted octanol–water partition coefficient (Wildman–Crippen LogP) is 3.74. The van der Waals surface area contributed by atoms with Gasteiger partial charge in [0.2, 0.25) is 0 Å². The maximum Gasteiger partial charge on any atom is 0.339 e. The maximum absolute atomic E-state index is 12.4. The van der Waals surface area contributed by atoms with Gasteiger partial charge in [-0.3, -0.25) is 4.79 Å². The Morgan fingerprint density at radius 1 is 1.09 bits per heavy atom. The minimum absolute atomic E-state index is 0.00930. The summed E-state index contributed by atoms with van der Waals surface area (Å²) in [5, 5.41) is 0. The molecule has 0 aliphatic heterocycles. The number of aryl methyl sites for hydroxylation is 1. The van der Waals surface area contributed by atoms with Gasteiger partial charge >= 0.3 is 10.1 Å². The molecule has 0 aromatic heterocycles. The summed E-state index contributed by atoms with van der Waals surface area (Å²) >= 11 is 3.23. The molecule has 0 bridgehead atoms. The zero-order valence-corrected chi connectivity index (χ0v) is 15.2. The van der Waals surface area contributed by atoms with Gasteiger partial charge in [0.15, 0.2) is 11.5 Å². The molecular weight excluding hydrogens is 384 g/mol. The molecule has 0 saturated carbocycles. The largest absolute Gasteiger partial charge is 0.496 e. The molecule has 23 heavy (non-hydrogen) atoms. The van der Waals surface area contributed by atoms with Gasteiger partial charge in [-0.25, -0.2) is 0 Å². The molecule has 7 heteroatoms. The smallest absolute Gasteiger partial charge is 0.339 e. The van der Waals surface area contributed by atoms with Crippen molar-refractivity contribution in [2.45, 2.75) is 18.7 Å². The van der Waals surface area contributed by atoms with Crippen LogP contribution in [0.3, 0.4) is 0 Å². The van der Waals surface area contributed by atoms with Crippen LogP contribution < -0.4 is 8.92 Å². The summed E-state index contributed by atoms with van der Waals surface area (Å²) in [5.74, 6) is 0.244. The molecule has 0 amide bonds. The molecular formula is C16H15BrO5S. The van der Waals surface area contributed by atoms with Crippen LogP contribution in [0.1, 0.15) is 22.8 Å². The van der Waals surface area contributed by atoms with Crippen LogP contribution in [-0.2, 0) is 10.1 Å². The molecule has 122 valence electrons. The van der Waals surface area contributed by atoms with E-state index < -0.39 is 10.1 Å². The van der Waals surface area contributed by atoms with Crippen molar-refractivity contribution in [2.24, 2.45) is 0 Å². The first kappa shape index (κ1) is 17.5. The molecule has 0 N–H and O–H groups in total. The van der Waals surface area contributed by atoms with Crippen LogP contribution in [0.2, 0.25) is 0 Å². The van der Waals surface area contributed by atoms with E-state index in [1.807, 2.05) is 6.92 Å². The Bertz CT molecular complexity index is 859. The Kier molecular flexibility index (Phi) is 5.11. The number of hydrogen-bond acceptors (Lipinski definition) is 5. The van der Waals surface area contributed by atoms with E-state index in [2.05, 4.69) is 15.9 Å². The second-order valence-electron chi connectivity index (χ2n) is 4.89. The van der Waals surface area contributed by atoms with Gasteiger partial charge in [-0.2, -0.15) is 8.42 Å². The van der Waals surface area contributed by atoms with E-state index in [1.54, 1.807) is 12.1 Å². The number of Topliss-reactive ketones (excluding diaryl/α,β-unsaturated/α-hetero) is 1. The molecule has 0 spiro atoms. The fourth-order valence-corrected chi connectivity index (χ4v) is 3.63. The van der Waals surface area contributed by atoms with Crippen molar-refractivity contribution in [3.05, 3.63) is 52.0 Å². The van der Waals surface area contributed by atoms with E-state index in [9.17, 15) is 13.2 Å². The normalized spacial score (nSPS) is 11.1. The van der Waals surface area contributed by atoms with E-state index in [1.165, 1.54) is 38.3 Å². The fourth-order valence-electron chi connectivity index (χ4n) is 1.96. The van der Waals surface area contributed by atoms with Crippen LogP contribution in [-0.4, -0.2) is 21.3 Å². The number of halogens is 1. The molecule has 0 radical (unpaired) electrons. The van der Waals surface area contributed by atoms with Crippen molar-refractivity contribution in [1.82, 2.24) is 0 Å². The van der Waals surface area contributed by atoms with Crippen molar-refractivity contribution in [2.75, 3.05) is 7.11 Å². The Morgan fingerprint density at radius 3 is 2.30 bits per heavy atom. The number of rotatable bonds is 5. The van der Waals surface area contributed by atoms with E-state index in [4.69, 9.17) is 8.92 Å². The summed E-state index contributed by atoms with van der Waals surface area (Å²) in [5.41, 5.74) is 1.06. The van der Waals surface area contributed by atoms with Crippen LogP contribution in [0, 0.1) is 6.92 Å². The van der Waals surface area contributed by atoms with Gasteiger partial charge in [-0.05, 0) is 60.1 Å². The van der Waals surface area contributed by atoms with Crippen LogP contribution in [0.5, 0.6) is 11.5 Å². The van der Waals surface area contributed by atoms with E-state index in [0.717, 1.165) is 5.56 Å². The van der Waals surface area contributed by atoms with Crippen molar-refractivity contribution in [3.63, 3.8) is 0 Å². The van der Waals surface area contributed by atoms with E-state index in [-0.39, 0.29) is 22.0 Å². The Labute approximate surface area is 143 Å². The highest BCUT2D eigenvalue weighted by molar-refractivity contribution is 9.10.